The number of amidine groups is 1. The number of alkyl halides is 3. The van der Waals surface area contributed by atoms with E-state index in [4.69, 9.17) is 5.73 Å². The van der Waals surface area contributed by atoms with Crippen LogP contribution < -0.4 is 5.73 Å². The standard InChI is InChI=1S/C8H8F3N3/c1-13-7(12)5-3-2-4-6(14-5)8(9,10)11/h2-4H,1H3,(H2,12,13). The molecule has 6 heteroatoms. The van der Waals surface area contributed by atoms with Crippen LogP contribution in [0.3, 0.4) is 0 Å². The van der Waals surface area contributed by atoms with Gasteiger partial charge in [0.15, 0.2) is 0 Å². The second kappa shape index (κ2) is 3.65. The number of aliphatic imine (C=N–C) groups is 1. The maximum absolute atomic E-state index is 12.2. The van der Waals surface area contributed by atoms with Gasteiger partial charge in [0.25, 0.3) is 0 Å². The molecule has 0 atom stereocenters. The summed E-state index contributed by atoms with van der Waals surface area (Å²) in [5, 5.41) is 0. The van der Waals surface area contributed by atoms with Crippen LogP contribution in [0.4, 0.5) is 13.2 Å². The van der Waals surface area contributed by atoms with Crippen molar-refractivity contribution in [2.24, 2.45) is 10.7 Å². The fraction of sp³-hybridized carbons (Fsp3) is 0.250. The molecule has 0 unspecified atom stereocenters. The van der Waals surface area contributed by atoms with Gasteiger partial charge in [0.2, 0.25) is 0 Å². The smallest absolute Gasteiger partial charge is 0.382 e. The summed E-state index contributed by atoms with van der Waals surface area (Å²) in [4.78, 5) is 6.88. The Morgan fingerprint density at radius 1 is 1.43 bits per heavy atom. The summed E-state index contributed by atoms with van der Waals surface area (Å²) >= 11 is 0. The summed E-state index contributed by atoms with van der Waals surface area (Å²) in [6.45, 7) is 0. The molecule has 0 saturated carbocycles. The number of pyridine rings is 1. The summed E-state index contributed by atoms with van der Waals surface area (Å²) in [7, 11) is 1.39. The van der Waals surface area contributed by atoms with Gasteiger partial charge in [-0.1, -0.05) is 6.07 Å². The molecule has 0 aromatic carbocycles. The molecule has 0 aliphatic carbocycles. The molecule has 2 N–H and O–H groups in total. The lowest BCUT2D eigenvalue weighted by atomic mass is 10.3. The molecule has 1 aromatic heterocycles. The van der Waals surface area contributed by atoms with E-state index in [9.17, 15) is 13.2 Å². The van der Waals surface area contributed by atoms with Gasteiger partial charge < -0.3 is 5.73 Å². The zero-order valence-electron chi connectivity index (χ0n) is 7.34. The van der Waals surface area contributed by atoms with Gasteiger partial charge in [0, 0.05) is 7.05 Å². The molecule has 0 radical (unpaired) electrons. The molecule has 3 nitrogen and oxygen atoms in total. The maximum Gasteiger partial charge on any atom is 0.433 e. The minimum atomic E-state index is -4.45. The third-order valence-electron chi connectivity index (χ3n) is 1.54. The van der Waals surface area contributed by atoms with Gasteiger partial charge in [-0.25, -0.2) is 4.98 Å². The van der Waals surface area contributed by atoms with Crippen molar-refractivity contribution in [2.75, 3.05) is 7.05 Å². The van der Waals surface area contributed by atoms with Crippen LogP contribution in [0.1, 0.15) is 11.4 Å². The van der Waals surface area contributed by atoms with Crippen molar-refractivity contribution in [1.29, 1.82) is 0 Å². The Morgan fingerprint density at radius 3 is 2.57 bits per heavy atom. The van der Waals surface area contributed by atoms with E-state index in [1.807, 2.05) is 0 Å². The van der Waals surface area contributed by atoms with Crippen molar-refractivity contribution < 1.29 is 13.2 Å². The first-order valence-corrected chi connectivity index (χ1v) is 3.72. The summed E-state index contributed by atoms with van der Waals surface area (Å²) < 4.78 is 36.6. The lowest BCUT2D eigenvalue weighted by molar-refractivity contribution is -0.141. The minimum Gasteiger partial charge on any atom is -0.382 e. The first-order valence-electron chi connectivity index (χ1n) is 3.72. The van der Waals surface area contributed by atoms with Gasteiger partial charge in [-0.05, 0) is 12.1 Å². The highest BCUT2D eigenvalue weighted by Gasteiger charge is 2.32. The Morgan fingerprint density at radius 2 is 2.07 bits per heavy atom. The first-order chi connectivity index (χ1) is 6.45. The van der Waals surface area contributed by atoms with Crippen LogP contribution in [-0.2, 0) is 6.18 Å². The van der Waals surface area contributed by atoms with E-state index in [-0.39, 0.29) is 11.5 Å². The molecule has 0 aliphatic heterocycles. The SMILES string of the molecule is CN=C(N)c1cccc(C(F)(F)F)n1. The fourth-order valence-electron chi connectivity index (χ4n) is 0.850. The zero-order valence-corrected chi connectivity index (χ0v) is 7.34. The first kappa shape index (κ1) is 10.5. The number of nitrogens with zero attached hydrogens (tertiary/aromatic N) is 2. The molecule has 0 fully saturated rings. The summed E-state index contributed by atoms with van der Waals surface area (Å²) in [6, 6.07) is 3.49. The van der Waals surface area contributed by atoms with Crippen LogP contribution in [0.2, 0.25) is 0 Å². The number of aromatic nitrogens is 1. The number of hydrogen-bond donors (Lipinski definition) is 1. The van der Waals surface area contributed by atoms with Gasteiger partial charge in [-0.2, -0.15) is 13.2 Å². The Labute approximate surface area is 78.5 Å². The number of halogens is 3. The second-order valence-corrected chi connectivity index (χ2v) is 2.51. The average Bonchev–Trinajstić information content (AvgIpc) is 2.15. The molecule has 14 heavy (non-hydrogen) atoms. The lowest BCUT2D eigenvalue weighted by Gasteiger charge is -2.06. The van der Waals surface area contributed by atoms with Gasteiger partial charge >= 0.3 is 6.18 Å². The molecule has 1 rings (SSSR count). The van der Waals surface area contributed by atoms with Crippen LogP contribution >= 0.6 is 0 Å². The molecule has 76 valence electrons. The van der Waals surface area contributed by atoms with Crippen molar-refractivity contribution in [2.45, 2.75) is 6.18 Å². The van der Waals surface area contributed by atoms with E-state index >= 15 is 0 Å². The predicted molar refractivity (Wildman–Crippen MR) is 45.9 cm³/mol. The molecule has 0 amide bonds. The average molecular weight is 203 g/mol. The molecular weight excluding hydrogens is 195 g/mol. The van der Waals surface area contributed by atoms with E-state index < -0.39 is 11.9 Å². The van der Waals surface area contributed by atoms with Gasteiger partial charge in [0.05, 0.1) is 0 Å². The molecule has 0 bridgehead atoms. The predicted octanol–water partition coefficient (Wildman–Crippen LogP) is 1.44. The van der Waals surface area contributed by atoms with Gasteiger partial charge in [-0.15, -0.1) is 0 Å². The highest BCUT2D eigenvalue weighted by molar-refractivity contribution is 5.95. The van der Waals surface area contributed by atoms with Crippen LogP contribution in [0, 0.1) is 0 Å². The van der Waals surface area contributed by atoms with Crippen molar-refractivity contribution in [3.05, 3.63) is 29.6 Å². The van der Waals surface area contributed by atoms with Crippen molar-refractivity contribution in [3.8, 4) is 0 Å². The number of nitrogens with two attached hydrogens (primary N) is 1. The third kappa shape index (κ3) is 2.21. The highest BCUT2D eigenvalue weighted by atomic mass is 19.4. The maximum atomic E-state index is 12.2. The third-order valence-corrected chi connectivity index (χ3v) is 1.54. The Hall–Kier alpha value is -1.59. The minimum absolute atomic E-state index is 0.0175. The Kier molecular flexibility index (Phi) is 2.73. The van der Waals surface area contributed by atoms with E-state index in [0.717, 1.165) is 6.07 Å². The summed E-state index contributed by atoms with van der Waals surface area (Å²) in [5.41, 5.74) is 4.39. The van der Waals surface area contributed by atoms with E-state index in [0.29, 0.717) is 0 Å². The Bertz CT molecular complexity index is 357. The van der Waals surface area contributed by atoms with E-state index in [1.165, 1.54) is 19.2 Å². The molecule has 0 spiro atoms. The molecule has 0 aliphatic rings. The zero-order chi connectivity index (χ0) is 10.8. The van der Waals surface area contributed by atoms with E-state index in [1.54, 1.807) is 0 Å². The van der Waals surface area contributed by atoms with Gasteiger partial charge in [0.1, 0.15) is 17.2 Å². The van der Waals surface area contributed by atoms with Crippen molar-refractivity contribution in [3.63, 3.8) is 0 Å². The lowest BCUT2D eigenvalue weighted by Crippen LogP contribution is -2.17. The van der Waals surface area contributed by atoms with Crippen molar-refractivity contribution in [1.82, 2.24) is 4.98 Å². The molecule has 1 aromatic rings. The van der Waals surface area contributed by atoms with Crippen LogP contribution in [0.5, 0.6) is 0 Å². The fourth-order valence-corrected chi connectivity index (χ4v) is 0.850. The molecular formula is C8H8F3N3. The molecule has 0 saturated heterocycles. The Balaban J connectivity index is 3.14. The summed E-state index contributed by atoms with van der Waals surface area (Å²) in [6.07, 6.45) is -4.45. The number of rotatable bonds is 1. The largest absolute Gasteiger partial charge is 0.433 e. The quantitative estimate of drug-likeness (QED) is 0.554. The number of hydrogen-bond acceptors (Lipinski definition) is 2. The summed E-state index contributed by atoms with van der Waals surface area (Å²) in [5.74, 6) is -0.0175. The topological polar surface area (TPSA) is 51.3 Å². The second-order valence-electron chi connectivity index (χ2n) is 2.51. The monoisotopic (exact) mass is 203 g/mol. The van der Waals surface area contributed by atoms with Crippen LogP contribution in [0.25, 0.3) is 0 Å². The highest BCUT2D eigenvalue weighted by Crippen LogP contribution is 2.27. The van der Waals surface area contributed by atoms with Crippen LogP contribution in [-0.4, -0.2) is 17.9 Å². The van der Waals surface area contributed by atoms with E-state index in [2.05, 4.69) is 9.98 Å². The van der Waals surface area contributed by atoms with Crippen molar-refractivity contribution >= 4 is 5.84 Å². The molecule has 1 heterocycles. The van der Waals surface area contributed by atoms with Gasteiger partial charge in [-0.3, -0.25) is 4.99 Å². The normalized spacial score (nSPS) is 13.0. The van der Waals surface area contributed by atoms with Crippen LogP contribution in [0.15, 0.2) is 23.2 Å².